The quantitative estimate of drug-likeness (QED) is 0.432. The number of sulfone groups is 1. The van der Waals surface area contributed by atoms with Gasteiger partial charge in [0.25, 0.3) is 5.56 Å². The second-order valence-corrected chi connectivity index (χ2v) is 10.1. The van der Waals surface area contributed by atoms with Crippen molar-refractivity contribution in [3.05, 3.63) is 82.8 Å². The first-order valence-electron chi connectivity index (χ1n) is 9.14. The molecule has 0 atom stereocenters. The van der Waals surface area contributed by atoms with Gasteiger partial charge in [-0.25, -0.2) is 18.1 Å². The van der Waals surface area contributed by atoms with E-state index in [-0.39, 0.29) is 9.90 Å². The van der Waals surface area contributed by atoms with E-state index in [0.29, 0.717) is 27.8 Å². The number of rotatable bonds is 4. The van der Waals surface area contributed by atoms with E-state index in [1.54, 1.807) is 10.8 Å². The fourth-order valence-electron chi connectivity index (χ4n) is 3.44. The standard InChI is InChI=1S/C21H16N4O3S2/c1-30(27,28)21-23-19-18(29-21)16-12-22-24(13-14-8-4-2-5-9-14)20(26)17(16)25(19)15-10-6-3-7-11-15/h2-12H,13H2,1H3. The molecule has 0 spiro atoms. The van der Waals surface area contributed by atoms with Crippen molar-refractivity contribution in [1.29, 1.82) is 0 Å². The van der Waals surface area contributed by atoms with Crippen LogP contribution in [0, 0.1) is 0 Å². The van der Waals surface area contributed by atoms with E-state index in [1.165, 1.54) is 4.68 Å². The molecule has 0 unspecified atom stereocenters. The first-order chi connectivity index (χ1) is 14.4. The van der Waals surface area contributed by atoms with Crippen LogP contribution in [0.1, 0.15) is 5.56 Å². The Labute approximate surface area is 175 Å². The molecule has 0 N–H and O–H groups in total. The van der Waals surface area contributed by atoms with Crippen molar-refractivity contribution in [1.82, 2.24) is 19.3 Å². The molecule has 0 fully saturated rings. The third kappa shape index (κ3) is 3.03. The average Bonchev–Trinajstić information content (AvgIpc) is 3.29. The number of aromatic nitrogens is 4. The minimum Gasteiger partial charge on any atom is -0.288 e. The lowest BCUT2D eigenvalue weighted by Crippen LogP contribution is -2.24. The van der Waals surface area contributed by atoms with Crippen molar-refractivity contribution < 1.29 is 8.42 Å². The molecular weight excluding hydrogens is 420 g/mol. The lowest BCUT2D eigenvalue weighted by atomic mass is 10.2. The lowest BCUT2D eigenvalue weighted by Gasteiger charge is -2.08. The number of fused-ring (bicyclic) bond motifs is 3. The van der Waals surface area contributed by atoms with E-state index in [1.807, 2.05) is 60.7 Å². The molecule has 5 rings (SSSR count). The Morgan fingerprint density at radius 3 is 2.33 bits per heavy atom. The molecule has 0 aliphatic carbocycles. The van der Waals surface area contributed by atoms with Crippen LogP contribution in [0.4, 0.5) is 0 Å². The first kappa shape index (κ1) is 18.7. The summed E-state index contributed by atoms with van der Waals surface area (Å²) >= 11 is 1.06. The monoisotopic (exact) mass is 436 g/mol. The predicted molar refractivity (Wildman–Crippen MR) is 117 cm³/mol. The Hall–Kier alpha value is -3.30. The van der Waals surface area contributed by atoms with Crippen LogP contribution in [0.2, 0.25) is 0 Å². The molecule has 0 saturated heterocycles. The molecule has 0 aliphatic heterocycles. The van der Waals surface area contributed by atoms with Gasteiger partial charge in [0.05, 0.1) is 17.4 Å². The van der Waals surface area contributed by atoms with Crippen LogP contribution < -0.4 is 5.56 Å². The Morgan fingerprint density at radius 2 is 1.67 bits per heavy atom. The minimum atomic E-state index is -3.47. The molecule has 0 aliphatic rings. The molecule has 5 aromatic rings. The Kier molecular flexibility index (Phi) is 4.30. The number of hydrogen-bond donors (Lipinski definition) is 0. The van der Waals surface area contributed by atoms with Crippen LogP contribution in [0.15, 0.2) is 76.0 Å². The summed E-state index contributed by atoms with van der Waals surface area (Å²) in [6, 6.07) is 18.9. The summed E-state index contributed by atoms with van der Waals surface area (Å²) in [7, 11) is -3.47. The lowest BCUT2D eigenvalue weighted by molar-refractivity contribution is 0.601. The second-order valence-electron chi connectivity index (χ2n) is 6.93. The number of nitrogens with zero attached hydrogens (tertiary/aromatic N) is 4. The van der Waals surface area contributed by atoms with E-state index >= 15 is 0 Å². The molecule has 7 nitrogen and oxygen atoms in total. The highest BCUT2D eigenvalue weighted by Gasteiger charge is 2.24. The number of benzene rings is 2. The van der Waals surface area contributed by atoms with Crippen molar-refractivity contribution in [3.63, 3.8) is 0 Å². The van der Waals surface area contributed by atoms with Gasteiger partial charge in [-0.15, -0.1) is 11.3 Å². The van der Waals surface area contributed by atoms with Gasteiger partial charge < -0.3 is 0 Å². The highest BCUT2D eigenvalue weighted by atomic mass is 32.2. The van der Waals surface area contributed by atoms with Crippen molar-refractivity contribution in [2.24, 2.45) is 0 Å². The molecule has 0 saturated carbocycles. The number of thiazole rings is 1. The van der Waals surface area contributed by atoms with Gasteiger partial charge in [0, 0.05) is 17.3 Å². The summed E-state index contributed by atoms with van der Waals surface area (Å²) < 4.78 is 27.9. The Bertz CT molecular complexity index is 1550. The summed E-state index contributed by atoms with van der Waals surface area (Å²) in [5.41, 5.74) is 2.31. The largest absolute Gasteiger partial charge is 0.292 e. The number of para-hydroxylation sites is 1. The fourth-order valence-corrected chi connectivity index (χ4v) is 5.34. The van der Waals surface area contributed by atoms with Crippen molar-refractivity contribution in [3.8, 4) is 5.69 Å². The summed E-state index contributed by atoms with van der Waals surface area (Å²) in [5.74, 6) is 0. The third-order valence-electron chi connectivity index (χ3n) is 4.79. The second kappa shape index (κ2) is 6.89. The van der Waals surface area contributed by atoms with Crippen LogP contribution in [-0.4, -0.2) is 34.0 Å². The normalized spacial score (nSPS) is 12.0. The van der Waals surface area contributed by atoms with Crippen molar-refractivity contribution >= 4 is 42.4 Å². The number of hydrogen-bond acceptors (Lipinski definition) is 6. The van der Waals surface area contributed by atoms with Gasteiger partial charge in [-0.1, -0.05) is 48.5 Å². The average molecular weight is 437 g/mol. The zero-order valence-corrected chi connectivity index (χ0v) is 17.5. The minimum absolute atomic E-state index is 0.0209. The molecule has 0 amide bonds. The predicted octanol–water partition coefficient (Wildman–Crippen LogP) is 3.25. The molecule has 0 bridgehead atoms. The first-order valence-corrected chi connectivity index (χ1v) is 11.8. The summed E-state index contributed by atoms with van der Waals surface area (Å²) in [4.78, 5) is 17.8. The van der Waals surface area contributed by atoms with E-state index in [4.69, 9.17) is 0 Å². The van der Waals surface area contributed by atoms with Gasteiger partial charge in [-0.05, 0) is 17.7 Å². The van der Waals surface area contributed by atoms with Crippen LogP contribution in [0.25, 0.3) is 26.9 Å². The molecule has 3 aromatic heterocycles. The Morgan fingerprint density at radius 1 is 1.00 bits per heavy atom. The zero-order valence-electron chi connectivity index (χ0n) is 15.9. The maximum Gasteiger partial charge on any atom is 0.292 e. The maximum absolute atomic E-state index is 13.4. The van der Waals surface area contributed by atoms with Crippen LogP contribution in [0.5, 0.6) is 0 Å². The highest BCUT2D eigenvalue weighted by molar-refractivity contribution is 7.92. The van der Waals surface area contributed by atoms with Crippen LogP contribution in [0.3, 0.4) is 0 Å². The molecule has 3 heterocycles. The molecule has 30 heavy (non-hydrogen) atoms. The van der Waals surface area contributed by atoms with Crippen molar-refractivity contribution in [2.45, 2.75) is 10.9 Å². The van der Waals surface area contributed by atoms with Gasteiger partial charge in [0.2, 0.25) is 14.2 Å². The zero-order chi connectivity index (χ0) is 20.9. The maximum atomic E-state index is 13.4. The van der Waals surface area contributed by atoms with Crippen LogP contribution >= 0.6 is 11.3 Å². The Balaban J connectivity index is 1.83. The van der Waals surface area contributed by atoms with Crippen molar-refractivity contribution in [2.75, 3.05) is 6.26 Å². The topological polar surface area (TPSA) is 86.8 Å². The summed E-state index contributed by atoms with van der Waals surface area (Å²) in [5, 5.41) is 4.94. The van der Waals surface area contributed by atoms with Gasteiger partial charge in [-0.3, -0.25) is 9.36 Å². The molecular formula is C21H16N4O3S2. The van der Waals surface area contributed by atoms with E-state index in [0.717, 1.165) is 28.8 Å². The molecule has 0 radical (unpaired) electrons. The summed E-state index contributed by atoms with van der Waals surface area (Å²) in [6.07, 6.45) is 2.75. The third-order valence-corrected chi connectivity index (χ3v) is 7.55. The van der Waals surface area contributed by atoms with Crippen LogP contribution in [-0.2, 0) is 16.4 Å². The van der Waals surface area contributed by atoms with Gasteiger partial charge in [0.1, 0.15) is 5.52 Å². The van der Waals surface area contributed by atoms with E-state index in [2.05, 4.69) is 10.1 Å². The molecule has 150 valence electrons. The van der Waals surface area contributed by atoms with E-state index in [9.17, 15) is 13.2 Å². The van der Waals surface area contributed by atoms with E-state index < -0.39 is 9.84 Å². The van der Waals surface area contributed by atoms with Gasteiger partial charge in [-0.2, -0.15) is 5.10 Å². The molecule has 9 heteroatoms. The fraction of sp³-hybridized carbons (Fsp3) is 0.0952. The van der Waals surface area contributed by atoms with Gasteiger partial charge >= 0.3 is 0 Å². The molecule has 2 aromatic carbocycles. The SMILES string of the molecule is CS(=O)(=O)c1nc2c(s1)c1cnn(Cc3ccccc3)c(=O)c1n2-c1ccccc1. The van der Waals surface area contributed by atoms with Gasteiger partial charge in [0.15, 0.2) is 5.65 Å². The summed E-state index contributed by atoms with van der Waals surface area (Å²) in [6.45, 7) is 0.339. The smallest absolute Gasteiger partial charge is 0.288 e. The highest BCUT2D eigenvalue weighted by Crippen LogP contribution is 2.35.